The molecule has 0 heterocycles. The van der Waals surface area contributed by atoms with Gasteiger partial charge in [0, 0.05) is 18.6 Å². The second kappa shape index (κ2) is 11.9. The molecule has 1 atom stereocenters. The average Bonchev–Trinajstić information content (AvgIpc) is 2.90. The van der Waals surface area contributed by atoms with Gasteiger partial charge in [-0.1, -0.05) is 41.9 Å². The highest BCUT2D eigenvalue weighted by Gasteiger charge is 2.32. The monoisotopic (exact) mass is 529 g/mol. The van der Waals surface area contributed by atoms with Gasteiger partial charge in [0.2, 0.25) is 11.8 Å². The second-order valence-electron chi connectivity index (χ2n) is 7.96. The molecule has 0 aliphatic carbocycles. The number of anilines is 1. The van der Waals surface area contributed by atoms with Crippen molar-refractivity contribution >= 4 is 39.1 Å². The summed E-state index contributed by atoms with van der Waals surface area (Å²) in [6.45, 7) is 1.13. The molecule has 0 radical (unpaired) electrons. The van der Waals surface area contributed by atoms with Crippen molar-refractivity contribution in [1.29, 1.82) is 0 Å². The number of methoxy groups -OCH3 is 1. The number of carbonyl (C=O) groups excluding carboxylic acids is 2. The zero-order valence-corrected chi connectivity index (χ0v) is 21.8. The molecule has 8 nitrogen and oxygen atoms in total. The quantitative estimate of drug-likeness (QED) is 0.432. The van der Waals surface area contributed by atoms with E-state index in [1.54, 1.807) is 73.7 Å². The topological polar surface area (TPSA) is 96.0 Å². The first-order valence-electron chi connectivity index (χ1n) is 11.1. The van der Waals surface area contributed by atoms with E-state index in [1.165, 1.54) is 31.2 Å². The van der Waals surface area contributed by atoms with Crippen molar-refractivity contribution in [2.45, 2.75) is 24.4 Å². The normalized spacial score (nSPS) is 11.9. The van der Waals surface area contributed by atoms with Crippen LogP contribution in [0.1, 0.15) is 12.5 Å². The van der Waals surface area contributed by atoms with Gasteiger partial charge in [-0.2, -0.15) is 0 Å². The maximum Gasteiger partial charge on any atom is 0.264 e. The minimum atomic E-state index is -4.11. The molecular weight excluding hydrogens is 502 g/mol. The first-order chi connectivity index (χ1) is 17.2. The van der Waals surface area contributed by atoms with Crippen LogP contribution in [0, 0.1) is 0 Å². The fourth-order valence-corrected chi connectivity index (χ4v) is 5.27. The average molecular weight is 530 g/mol. The van der Waals surface area contributed by atoms with E-state index in [0.717, 1.165) is 4.31 Å². The Kier molecular flexibility index (Phi) is 8.95. The fourth-order valence-electron chi connectivity index (χ4n) is 3.62. The summed E-state index contributed by atoms with van der Waals surface area (Å²) in [6, 6.07) is 20.3. The molecule has 2 amide bonds. The van der Waals surface area contributed by atoms with Crippen molar-refractivity contribution in [3.8, 4) is 5.75 Å². The van der Waals surface area contributed by atoms with Gasteiger partial charge >= 0.3 is 0 Å². The van der Waals surface area contributed by atoms with Crippen molar-refractivity contribution in [1.82, 2.24) is 10.2 Å². The first kappa shape index (κ1) is 27.0. The zero-order valence-electron chi connectivity index (χ0n) is 20.2. The van der Waals surface area contributed by atoms with E-state index in [0.29, 0.717) is 16.3 Å². The number of hydrogen-bond donors (Lipinski definition) is 1. The maximum absolute atomic E-state index is 13.7. The molecule has 0 aliphatic heterocycles. The van der Waals surface area contributed by atoms with Crippen molar-refractivity contribution in [3.63, 3.8) is 0 Å². The summed E-state index contributed by atoms with van der Waals surface area (Å²) < 4.78 is 33.5. The number of rotatable bonds is 10. The highest BCUT2D eigenvalue weighted by molar-refractivity contribution is 7.92. The number of nitrogens with one attached hydrogen (secondary N) is 1. The third-order valence-corrected chi connectivity index (χ3v) is 7.65. The van der Waals surface area contributed by atoms with Gasteiger partial charge in [-0.05, 0) is 61.0 Å². The van der Waals surface area contributed by atoms with Crippen LogP contribution < -0.4 is 14.4 Å². The molecule has 36 heavy (non-hydrogen) atoms. The lowest BCUT2D eigenvalue weighted by molar-refractivity contribution is -0.139. The number of hydrogen-bond acceptors (Lipinski definition) is 5. The number of carbonyl (C=O) groups is 2. The molecule has 0 spiro atoms. The van der Waals surface area contributed by atoms with E-state index < -0.39 is 28.5 Å². The van der Waals surface area contributed by atoms with Crippen LogP contribution in [0.3, 0.4) is 0 Å². The third kappa shape index (κ3) is 6.35. The van der Waals surface area contributed by atoms with Crippen molar-refractivity contribution < 1.29 is 22.7 Å². The van der Waals surface area contributed by atoms with Gasteiger partial charge < -0.3 is 15.0 Å². The molecule has 0 saturated carbocycles. The number of sulfonamides is 1. The molecule has 0 aromatic heterocycles. The molecule has 0 saturated heterocycles. The highest BCUT2D eigenvalue weighted by Crippen LogP contribution is 2.26. The predicted molar refractivity (Wildman–Crippen MR) is 139 cm³/mol. The number of likely N-dealkylation sites (N-methyl/N-ethyl adjacent to an activating group) is 1. The van der Waals surface area contributed by atoms with Gasteiger partial charge in [-0.3, -0.25) is 13.9 Å². The zero-order chi connectivity index (χ0) is 26.3. The molecule has 3 rings (SSSR count). The lowest BCUT2D eigenvalue weighted by Gasteiger charge is -2.31. The smallest absolute Gasteiger partial charge is 0.264 e. The van der Waals surface area contributed by atoms with Crippen LogP contribution in [-0.4, -0.2) is 51.9 Å². The third-order valence-electron chi connectivity index (χ3n) is 5.63. The van der Waals surface area contributed by atoms with Crippen LogP contribution >= 0.6 is 11.6 Å². The molecule has 0 fully saturated rings. The number of halogens is 1. The Morgan fingerprint density at radius 2 is 1.67 bits per heavy atom. The van der Waals surface area contributed by atoms with Crippen LogP contribution in [0.2, 0.25) is 5.02 Å². The molecule has 0 unspecified atom stereocenters. The number of benzene rings is 3. The predicted octanol–water partition coefficient (Wildman–Crippen LogP) is 3.71. The van der Waals surface area contributed by atoms with E-state index in [-0.39, 0.29) is 23.0 Å². The van der Waals surface area contributed by atoms with Gasteiger partial charge in [0.1, 0.15) is 18.3 Å². The summed E-state index contributed by atoms with van der Waals surface area (Å²) in [5, 5.41) is 3.03. The summed E-state index contributed by atoms with van der Waals surface area (Å²) >= 11 is 6.11. The summed E-state index contributed by atoms with van der Waals surface area (Å²) in [4.78, 5) is 27.5. The first-order valence-corrected chi connectivity index (χ1v) is 13.0. The van der Waals surface area contributed by atoms with Crippen LogP contribution in [0.25, 0.3) is 0 Å². The maximum atomic E-state index is 13.7. The van der Waals surface area contributed by atoms with Gasteiger partial charge in [0.15, 0.2) is 0 Å². The molecule has 10 heteroatoms. The molecule has 0 aliphatic rings. The van der Waals surface area contributed by atoms with E-state index in [9.17, 15) is 18.0 Å². The number of amides is 2. The minimum Gasteiger partial charge on any atom is -0.497 e. The Bertz CT molecular complexity index is 1300. The Hall–Kier alpha value is -3.56. The molecule has 1 N–H and O–H groups in total. The largest absolute Gasteiger partial charge is 0.497 e. The highest BCUT2D eigenvalue weighted by atomic mass is 35.5. The van der Waals surface area contributed by atoms with Gasteiger partial charge in [-0.15, -0.1) is 0 Å². The summed E-state index contributed by atoms with van der Waals surface area (Å²) in [5.74, 6) is -0.397. The Morgan fingerprint density at radius 1 is 1.00 bits per heavy atom. The van der Waals surface area contributed by atoms with E-state index in [4.69, 9.17) is 16.3 Å². The molecule has 0 bridgehead atoms. The Labute approximate surface area is 216 Å². The Morgan fingerprint density at radius 3 is 2.25 bits per heavy atom. The summed E-state index contributed by atoms with van der Waals surface area (Å²) in [7, 11) is -1.13. The van der Waals surface area contributed by atoms with E-state index >= 15 is 0 Å². The van der Waals surface area contributed by atoms with Gasteiger partial charge in [-0.25, -0.2) is 8.42 Å². The van der Waals surface area contributed by atoms with Gasteiger partial charge in [0.05, 0.1) is 17.7 Å². The minimum absolute atomic E-state index is 0.0364. The van der Waals surface area contributed by atoms with E-state index in [2.05, 4.69) is 5.32 Å². The van der Waals surface area contributed by atoms with Crippen molar-refractivity contribution in [2.24, 2.45) is 0 Å². The van der Waals surface area contributed by atoms with Gasteiger partial charge in [0.25, 0.3) is 10.0 Å². The second-order valence-corrected chi connectivity index (χ2v) is 10.3. The van der Waals surface area contributed by atoms with E-state index in [1.807, 2.05) is 0 Å². The van der Waals surface area contributed by atoms with Crippen LogP contribution in [0.15, 0.2) is 83.8 Å². The molecule has 3 aromatic rings. The standard InChI is InChI=1S/C26H28ClN3O5S/c1-19(26(32)28-2)29(17-20-8-7-9-21(27)16-20)25(31)18-30(22-12-14-23(35-3)15-13-22)36(33,34)24-10-5-4-6-11-24/h4-16,19H,17-18H2,1-3H3,(H,28,32)/t19-/m1/s1. The van der Waals surface area contributed by atoms with Crippen molar-refractivity contribution in [3.05, 3.63) is 89.4 Å². The number of nitrogens with zero attached hydrogens (tertiary/aromatic N) is 2. The molecule has 190 valence electrons. The molecular formula is C26H28ClN3O5S. The SMILES string of the molecule is CNC(=O)[C@@H](C)N(Cc1cccc(Cl)c1)C(=O)CN(c1ccc(OC)cc1)S(=O)(=O)c1ccccc1. The Balaban J connectivity index is 2.02. The summed E-state index contributed by atoms with van der Waals surface area (Å²) in [6.07, 6.45) is 0. The fraction of sp³-hybridized carbons (Fsp3) is 0.231. The molecule has 3 aromatic carbocycles. The summed E-state index contributed by atoms with van der Waals surface area (Å²) in [5.41, 5.74) is 0.983. The number of ether oxygens (including phenoxy) is 1. The van der Waals surface area contributed by atoms with Crippen LogP contribution in [0.5, 0.6) is 5.75 Å². The lowest BCUT2D eigenvalue weighted by Crippen LogP contribution is -2.50. The van der Waals surface area contributed by atoms with Crippen LogP contribution in [0.4, 0.5) is 5.69 Å². The van der Waals surface area contributed by atoms with Crippen LogP contribution in [-0.2, 0) is 26.2 Å². The van der Waals surface area contributed by atoms with Crippen molar-refractivity contribution in [2.75, 3.05) is 25.0 Å². The lowest BCUT2D eigenvalue weighted by atomic mass is 10.1.